The highest BCUT2D eigenvalue weighted by atomic mass is 35.5. The van der Waals surface area contributed by atoms with Crippen molar-refractivity contribution in [3.8, 4) is 0 Å². The summed E-state index contributed by atoms with van der Waals surface area (Å²) in [4.78, 5) is 4.20. The van der Waals surface area contributed by atoms with Crippen LogP contribution < -0.4 is 11.1 Å². The number of rotatable bonds is 4. The maximum absolute atomic E-state index is 5.86. The number of hydrogen-bond donors (Lipinski definition) is 2. The van der Waals surface area contributed by atoms with Crippen molar-refractivity contribution in [2.45, 2.75) is 39.0 Å². The molecule has 2 rings (SSSR count). The fraction of sp³-hybridized carbons (Fsp3) is 0.643. The van der Waals surface area contributed by atoms with Gasteiger partial charge in [0.25, 0.3) is 0 Å². The van der Waals surface area contributed by atoms with Crippen LogP contribution in [0.25, 0.3) is 0 Å². The molecule has 0 bridgehead atoms. The summed E-state index contributed by atoms with van der Waals surface area (Å²) in [5.74, 6) is 2.57. The predicted octanol–water partition coefficient (Wildman–Crippen LogP) is 3.95. The Hall–Kier alpha value is -0.960. The molecule has 1 fully saturated rings. The number of nitrogens with two attached hydrogens (primary N) is 1. The number of hydrogen-bond acceptors (Lipinski definition) is 3. The summed E-state index contributed by atoms with van der Waals surface area (Å²) in [5.41, 5.74) is 6.38. The third-order valence-electron chi connectivity index (χ3n) is 3.81. The fourth-order valence-corrected chi connectivity index (χ4v) is 2.85. The lowest BCUT2D eigenvalue weighted by molar-refractivity contribution is 0.282. The molecule has 3 N–H and O–H groups in total. The monoisotopic (exact) mass is 267 g/mol. The number of pyridine rings is 1. The van der Waals surface area contributed by atoms with Gasteiger partial charge in [0.1, 0.15) is 11.0 Å². The lowest BCUT2D eigenvalue weighted by Crippen LogP contribution is -2.16. The summed E-state index contributed by atoms with van der Waals surface area (Å²) in [6.07, 6.45) is 6.71. The molecule has 0 aliphatic heterocycles. The molecule has 0 aromatic carbocycles. The minimum absolute atomic E-state index is 0.448. The van der Waals surface area contributed by atoms with E-state index in [1.165, 1.54) is 32.1 Å². The second-order valence-corrected chi connectivity index (χ2v) is 5.84. The first-order valence-corrected chi connectivity index (χ1v) is 7.18. The Kier molecular flexibility index (Phi) is 4.70. The first-order chi connectivity index (χ1) is 8.63. The Morgan fingerprint density at radius 1 is 1.33 bits per heavy atom. The summed E-state index contributed by atoms with van der Waals surface area (Å²) < 4.78 is 0. The van der Waals surface area contributed by atoms with Crippen molar-refractivity contribution in [3.05, 3.63) is 17.3 Å². The Morgan fingerprint density at radius 2 is 2.06 bits per heavy atom. The Morgan fingerprint density at radius 3 is 2.72 bits per heavy atom. The largest absolute Gasteiger partial charge is 0.399 e. The Bertz CT molecular complexity index is 366. The SMILES string of the molecule is CC1CCC(CCNc2cc(N)cc(Cl)n2)CC1. The first-order valence-electron chi connectivity index (χ1n) is 6.80. The van der Waals surface area contributed by atoms with E-state index in [0.29, 0.717) is 10.8 Å². The van der Waals surface area contributed by atoms with Gasteiger partial charge in [-0.1, -0.05) is 44.2 Å². The predicted molar refractivity (Wildman–Crippen MR) is 77.9 cm³/mol. The zero-order valence-corrected chi connectivity index (χ0v) is 11.7. The van der Waals surface area contributed by atoms with Gasteiger partial charge in [0.15, 0.2) is 0 Å². The second-order valence-electron chi connectivity index (χ2n) is 5.45. The molecular formula is C14H22ClN3. The minimum Gasteiger partial charge on any atom is -0.399 e. The topological polar surface area (TPSA) is 50.9 Å². The molecule has 1 aliphatic carbocycles. The van der Waals surface area contributed by atoms with E-state index in [1.54, 1.807) is 6.07 Å². The molecule has 4 heteroatoms. The van der Waals surface area contributed by atoms with Crippen LogP contribution >= 0.6 is 11.6 Å². The molecule has 3 nitrogen and oxygen atoms in total. The van der Waals surface area contributed by atoms with Gasteiger partial charge in [0, 0.05) is 18.3 Å². The third-order valence-corrected chi connectivity index (χ3v) is 4.00. The normalized spacial score (nSPS) is 23.9. The molecule has 0 atom stereocenters. The van der Waals surface area contributed by atoms with Gasteiger partial charge in [-0.3, -0.25) is 0 Å². The summed E-state index contributed by atoms with van der Waals surface area (Å²) in [5, 5.41) is 3.76. The number of halogens is 1. The smallest absolute Gasteiger partial charge is 0.133 e. The molecule has 1 aliphatic rings. The van der Waals surface area contributed by atoms with Gasteiger partial charge in [0.05, 0.1) is 0 Å². The zero-order chi connectivity index (χ0) is 13.0. The van der Waals surface area contributed by atoms with Crippen molar-refractivity contribution in [3.63, 3.8) is 0 Å². The molecule has 0 amide bonds. The van der Waals surface area contributed by atoms with Crippen molar-refractivity contribution < 1.29 is 0 Å². The second kappa shape index (κ2) is 6.28. The maximum atomic E-state index is 5.86. The lowest BCUT2D eigenvalue weighted by atomic mass is 9.81. The van der Waals surface area contributed by atoms with E-state index < -0.39 is 0 Å². The summed E-state index contributed by atoms with van der Waals surface area (Å²) in [6, 6.07) is 3.49. The van der Waals surface area contributed by atoms with Gasteiger partial charge in [-0.05, 0) is 24.3 Å². The Labute approximate surface area is 114 Å². The quantitative estimate of drug-likeness (QED) is 0.813. The van der Waals surface area contributed by atoms with Crippen LogP contribution in [-0.2, 0) is 0 Å². The van der Waals surface area contributed by atoms with Crippen LogP contribution in [0.4, 0.5) is 11.5 Å². The molecule has 0 saturated heterocycles. The van der Waals surface area contributed by atoms with Gasteiger partial charge in [-0.2, -0.15) is 0 Å². The van der Waals surface area contributed by atoms with Crippen molar-refractivity contribution in [1.29, 1.82) is 0 Å². The van der Waals surface area contributed by atoms with Crippen LogP contribution in [0.15, 0.2) is 12.1 Å². The summed E-state index contributed by atoms with van der Waals surface area (Å²) in [6.45, 7) is 3.30. The molecule has 0 unspecified atom stereocenters. The molecule has 18 heavy (non-hydrogen) atoms. The van der Waals surface area contributed by atoms with E-state index in [9.17, 15) is 0 Å². The highest BCUT2D eigenvalue weighted by Crippen LogP contribution is 2.30. The molecule has 1 aromatic rings. The van der Waals surface area contributed by atoms with Gasteiger partial charge < -0.3 is 11.1 Å². The molecule has 1 aromatic heterocycles. The first kappa shape index (κ1) is 13.5. The average molecular weight is 268 g/mol. The van der Waals surface area contributed by atoms with Crippen molar-refractivity contribution in [2.24, 2.45) is 11.8 Å². The number of nitrogen functional groups attached to an aromatic ring is 1. The average Bonchev–Trinajstić information content (AvgIpc) is 2.30. The van der Waals surface area contributed by atoms with E-state index in [0.717, 1.165) is 24.2 Å². The minimum atomic E-state index is 0.448. The van der Waals surface area contributed by atoms with Crippen LogP contribution in [0.1, 0.15) is 39.0 Å². The van der Waals surface area contributed by atoms with Crippen molar-refractivity contribution in [1.82, 2.24) is 4.98 Å². The number of nitrogens with one attached hydrogen (secondary N) is 1. The molecule has 1 saturated carbocycles. The van der Waals surface area contributed by atoms with Gasteiger partial charge in [-0.15, -0.1) is 0 Å². The van der Waals surface area contributed by atoms with E-state index >= 15 is 0 Å². The van der Waals surface area contributed by atoms with Crippen LogP contribution in [0.3, 0.4) is 0 Å². The van der Waals surface area contributed by atoms with E-state index in [-0.39, 0.29) is 0 Å². The zero-order valence-electron chi connectivity index (χ0n) is 11.0. The van der Waals surface area contributed by atoms with Gasteiger partial charge in [-0.25, -0.2) is 4.98 Å². The highest BCUT2D eigenvalue weighted by Gasteiger charge is 2.17. The van der Waals surface area contributed by atoms with Crippen LogP contribution in [-0.4, -0.2) is 11.5 Å². The maximum Gasteiger partial charge on any atom is 0.133 e. The lowest BCUT2D eigenvalue weighted by Gasteiger charge is -2.26. The Balaban J connectivity index is 1.74. The van der Waals surface area contributed by atoms with Crippen molar-refractivity contribution >= 4 is 23.1 Å². The van der Waals surface area contributed by atoms with E-state index in [4.69, 9.17) is 17.3 Å². The van der Waals surface area contributed by atoms with Gasteiger partial charge >= 0.3 is 0 Å². The summed E-state index contributed by atoms with van der Waals surface area (Å²) >= 11 is 5.86. The number of nitrogens with zero attached hydrogens (tertiary/aromatic N) is 1. The van der Waals surface area contributed by atoms with Crippen LogP contribution in [0, 0.1) is 11.8 Å². The standard InChI is InChI=1S/C14H22ClN3/c1-10-2-4-11(5-3-10)6-7-17-14-9-12(16)8-13(15)18-14/h8-11H,2-7H2,1H3,(H3,16,17,18). The fourth-order valence-electron chi connectivity index (χ4n) is 2.63. The van der Waals surface area contributed by atoms with E-state index in [2.05, 4.69) is 17.2 Å². The van der Waals surface area contributed by atoms with Gasteiger partial charge in [0.2, 0.25) is 0 Å². The number of aromatic nitrogens is 1. The number of anilines is 2. The molecule has 1 heterocycles. The van der Waals surface area contributed by atoms with E-state index in [1.807, 2.05) is 6.07 Å². The molecule has 0 radical (unpaired) electrons. The van der Waals surface area contributed by atoms with Crippen molar-refractivity contribution in [2.75, 3.05) is 17.6 Å². The third kappa shape index (κ3) is 4.05. The molecule has 0 spiro atoms. The van der Waals surface area contributed by atoms with Crippen LogP contribution in [0.2, 0.25) is 5.15 Å². The summed E-state index contributed by atoms with van der Waals surface area (Å²) in [7, 11) is 0. The molecular weight excluding hydrogens is 246 g/mol. The van der Waals surface area contributed by atoms with Crippen LogP contribution in [0.5, 0.6) is 0 Å². The highest BCUT2D eigenvalue weighted by molar-refractivity contribution is 6.29. The molecule has 100 valence electrons.